The maximum Gasteiger partial charge on any atom is 0.341 e. The van der Waals surface area contributed by atoms with Gasteiger partial charge < -0.3 is 14.3 Å². The molecule has 0 saturated heterocycles. The molecule has 0 radical (unpaired) electrons. The number of carbonyl (C=O) groups excluding carboxylic acids is 1. The third-order valence-corrected chi connectivity index (χ3v) is 4.88. The Hall–Kier alpha value is -2.30. The van der Waals surface area contributed by atoms with Crippen LogP contribution in [0.5, 0.6) is 5.75 Å². The van der Waals surface area contributed by atoms with Crippen LogP contribution in [-0.4, -0.2) is 32.0 Å². The SMILES string of the molecule is COC(=O)c1cc(C2=NOC3C4C=CC(C4)C23)ccc1OC. The van der Waals surface area contributed by atoms with Crippen LogP contribution in [-0.2, 0) is 9.57 Å². The molecule has 1 heterocycles. The second-order valence-electron chi connectivity index (χ2n) is 5.93. The van der Waals surface area contributed by atoms with Crippen LogP contribution in [0.25, 0.3) is 0 Å². The number of hydrogen-bond donors (Lipinski definition) is 0. The predicted octanol–water partition coefficient (Wildman–Crippen LogP) is 2.41. The van der Waals surface area contributed by atoms with Gasteiger partial charge in [0.2, 0.25) is 0 Å². The van der Waals surface area contributed by atoms with Gasteiger partial charge in [0.1, 0.15) is 17.4 Å². The lowest BCUT2D eigenvalue weighted by atomic mass is 9.84. The third-order valence-electron chi connectivity index (χ3n) is 4.88. The molecule has 1 aliphatic heterocycles. The van der Waals surface area contributed by atoms with E-state index in [1.807, 2.05) is 6.07 Å². The van der Waals surface area contributed by atoms with Crippen LogP contribution in [0.3, 0.4) is 0 Å². The number of ether oxygens (including phenoxy) is 2. The van der Waals surface area contributed by atoms with Gasteiger partial charge in [-0.25, -0.2) is 4.79 Å². The molecule has 0 amide bonds. The average molecular weight is 299 g/mol. The molecule has 2 bridgehead atoms. The van der Waals surface area contributed by atoms with Crippen LogP contribution in [0.1, 0.15) is 22.3 Å². The number of allylic oxidation sites excluding steroid dienone is 1. The smallest absolute Gasteiger partial charge is 0.341 e. The number of rotatable bonds is 3. The quantitative estimate of drug-likeness (QED) is 0.635. The van der Waals surface area contributed by atoms with Crippen molar-refractivity contribution in [2.24, 2.45) is 22.9 Å². The maximum atomic E-state index is 11.9. The zero-order valence-electron chi connectivity index (χ0n) is 12.5. The Kier molecular flexibility index (Phi) is 2.96. The molecule has 1 aromatic rings. The minimum absolute atomic E-state index is 0.147. The van der Waals surface area contributed by atoms with Gasteiger partial charge in [0.15, 0.2) is 0 Å². The fourth-order valence-corrected chi connectivity index (χ4v) is 3.84. The van der Waals surface area contributed by atoms with E-state index in [4.69, 9.17) is 14.3 Å². The second kappa shape index (κ2) is 4.87. The number of nitrogens with zero attached hydrogens (tertiary/aromatic N) is 1. The van der Waals surface area contributed by atoms with Crippen molar-refractivity contribution in [2.75, 3.05) is 14.2 Å². The second-order valence-corrected chi connectivity index (χ2v) is 5.93. The molecule has 5 heteroatoms. The molecule has 3 aliphatic rings. The Morgan fingerprint density at radius 3 is 2.86 bits per heavy atom. The van der Waals surface area contributed by atoms with Gasteiger partial charge >= 0.3 is 5.97 Å². The Balaban J connectivity index is 1.71. The first-order chi connectivity index (χ1) is 10.7. The number of fused-ring (bicyclic) bond motifs is 5. The molecule has 1 saturated carbocycles. The van der Waals surface area contributed by atoms with E-state index in [0.717, 1.165) is 17.7 Å². The number of hydrogen-bond acceptors (Lipinski definition) is 5. The van der Waals surface area contributed by atoms with Gasteiger partial charge in [-0.1, -0.05) is 17.3 Å². The molecule has 0 aromatic heterocycles. The lowest BCUT2D eigenvalue weighted by Gasteiger charge is -2.19. The van der Waals surface area contributed by atoms with Crippen molar-refractivity contribution >= 4 is 11.7 Å². The van der Waals surface area contributed by atoms with E-state index in [9.17, 15) is 4.79 Å². The molecule has 1 fully saturated rings. The summed E-state index contributed by atoms with van der Waals surface area (Å²) in [4.78, 5) is 17.6. The summed E-state index contributed by atoms with van der Waals surface area (Å²) in [6.45, 7) is 0. The summed E-state index contributed by atoms with van der Waals surface area (Å²) in [6.07, 6.45) is 5.78. The summed E-state index contributed by atoms with van der Waals surface area (Å²) in [5.74, 6) is 1.32. The largest absolute Gasteiger partial charge is 0.496 e. The number of esters is 1. The molecule has 2 aliphatic carbocycles. The highest BCUT2D eigenvalue weighted by atomic mass is 16.6. The zero-order valence-corrected chi connectivity index (χ0v) is 12.5. The van der Waals surface area contributed by atoms with Gasteiger partial charge in [0.25, 0.3) is 0 Å². The van der Waals surface area contributed by atoms with Gasteiger partial charge in [-0.15, -0.1) is 0 Å². The molecular formula is C17H17NO4. The molecule has 4 rings (SSSR count). The minimum Gasteiger partial charge on any atom is -0.496 e. The molecule has 4 unspecified atom stereocenters. The van der Waals surface area contributed by atoms with E-state index < -0.39 is 5.97 Å². The topological polar surface area (TPSA) is 57.1 Å². The number of benzene rings is 1. The maximum absolute atomic E-state index is 11.9. The highest BCUT2D eigenvalue weighted by molar-refractivity contribution is 6.06. The molecule has 0 N–H and O–H groups in total. The Morgan fingerprint density at radius 1 is 1.27 bits per heavy atom. The summed E-state index contributed by atoms with van der Waals surface area (Å²) in [7, 11) is 2.90. The van der Waals surface area contributed by atoms with E-state index in [-0.39, 0.29) is 12.0 Å². The summed E-state index contributed by atoms with van der Waals surface area (Å²) in [5, 5.41) is 4.30. The van der Waals surface area contributed by atoms with Crippen molar-refractivity contribution in [3.05, 3.63) is 41.5 Å². The van der Waals surface area contributed by atoms with Crippen LogP contribution >= 0.6 is 0 Å². The van der Waals surface area contributed by atoms with Crippen LogP contribution < -0.4 is 4.74 Å². The molecular weight excluding hydrogens is 282 g/mol. The summed E-state index contributed by atoms with van der Waals surface area (Å²) < 4.78 is 10.1. The van der Waals surface area contributed by atoms with E-state index in [0.29, 0.717) is 23.1 Å². The van der Waals surface area contributed by atoms with Crippen molar-refractivity contribution < 1.29 is 19.1 Å². The molecule has 22 heavy (non-hydrogen) atoms. The van der Waals surface area contributed by atoms with E-state index in [1.54, 1.807) is 12.1 Å². The fourth-order valence-electron chi connectivity index (χ4n) is 3.84. The first-order valence-electron chi connectivity index (χ1n) is 7.41. The van der Waals surface area contributed by atoms with Gasteiger partial charge in [-0.3, -0.25) is 0 Å². The minimum atomic E-state index is -0.414. The first-order valence-corrected chi connectivity index (χ1v) is 7.41. The van der Waals surface area contributed by atoms with Gasteiger partial charge in [-0.05, 0) is 30.5 Å². The van der Waals surface area contributed by atoms with Crippen molar-refractivity contribution in [3.8, 4) is 5.75 Å². The van der Waals surface area contributed by atoms with Crippen LogP contribution in [0.15, 0.2) is 35.5 Å². The summed E-state index contributed by atoms with van der Waals surface area (Å²) in [5.41, 5.74) is 2.23. The normalized spacial score (nSPS) is 30.7. The Bertz CT molecular complexity index is 694. The fraction of sp³-hybridized carbons (Fsp3) is 0.412. The summed E-state index contributed by atoms with van der Waals surface area (Å²) in [6, 6.07) is 5.48. The number of carbonyl (C=O) groups is 1. The van der Waals surface area contributed by atoms with E-state index in [1.165, 1.54) is 14.2 Å². The van der Waals surface area contributed by atoms with Crippen molar-refractivity contribution in [1.82, 2.24) is 0 Å². The monoisotopic (exact) mass is 299 g/mol. The first kappa shape index (κ1) is 13.4. The molecule has 5 nitrogen and oxygen atoms in total. The lowest BCUT2D eigenvalue weighted by Crippen LogP contribution is -2.27. The number of oxime groups is 1. The van der Waals surface area contributed by atoms with Crippen molar-refractivity contribution in [2.45, 2.75) is 12.5 Å². The van der Waals surface area contributed by atoms with Gasteiger partial charge in [0.05, 0.1) is 25.8 Å². The van der Waals surface area contributed by atoms with Crippen LogP contribution in [0.4, 0.5) is 0 Å². The highest BCUT2D eigenvalue weighted by Crippen LogP contribution is 2.49. The predicted molar refractivity (Wildman–Crippen MR) is 80.0 cm³/mol. The van der Waals surface area contributed by atoms with Crippen LogP contribution in [0, 0.1) is 17.8 Å². The summed E-state index contributed by atoms with van der Waals surface area (Å²) >= 11 is 0. The van der Waals surface area contributed by atoms with E-state index in [2.05, 4.69) is 17.3 Å². The molecule has 1 aromatic carbocycles. The Labute approximate surface area is 128 Å². The lowest BCUT2D eigenvalue weighted by molar-refractivity contribution is 0.0504. The zero-order chi connectivity index (χ0) is 15.3. The average Bonchev–Trinajstić information content (AvgIpc) is 3.26. The van der Waals surface area contributed by atoms with Gasteiger partial charge in [-0.2, -0.15) is 0 Å². The molecule has 0 spiro atoms. The number of methoxy groups -OCH3 is 2. The highest BCUT2D eigenvalue weighted by Gasteiger charge is 2.52. The van der Waals surface area contributed by atoms with E-state index >= 15 is 0 Å². The van der Waals surface area contributed by atoms with Crippen molar-refractivity contribution in [3.63, 3.8) is 0 Å². The standard InChI is InChI=1S/C17H17NO4/c1-20-13-6-5-10(8-12(13)17(19)21-2)15-14-9-3-4-11(7-9)16(14)22-18-15/h3-6,8-9,11,14,16H,7H2,1-2H3. The Morgan fingerprint density at radius 2 is 2.09 bits per heavy atom. The molecule has 4 atom stereocenters. The third kappa shape index (κ3) is 1.78. The molecule has 114 valence electrons. The van der Waals surface area contributed by atoms with Crippen molar-refractivity contribution in [1.29, 1.82) is 0 Å². The van der Waals surface area contributed by atoms with Crippen LogP contribution in [0.2, 0.25) is 0 Å². The van der Waals surface area contributed by atoms with Gasteiger partial charge in [0, 0.05) is 11.5 Å².